The minimum Gasteiger partial charge on any atom is -0.464 e. The Morgan fingerprint density at radius 3 is 2.82 bits per heavy atom. The van der Waals surface area contributed by atoms with Crippen molar-refractivity contribution < 1.29 is 41.5 Å². The molecular formula is C11H16O9S2. The van der Waals surface area contributed by atoms with E-state index >= 15 is 0 Å². The largest absolute Gasteiger partial charge is 0.464 e. The Balaban J connectivity index is 1.58. The van der Waals surface area contributed by atoms with Crippen molar-refractivity contribution in [2.24, 2.45) is 5.92 Å². The molecule has 22 heavy (non-hydrogen) atoms. The second-order valence-electron chi connectivity index (χ2n) is 5.97. The Morgan fingerprint density at radius 1 is 1.41 bits per heavy atom. The molecule has 2 bridgehead atoms. The van der Waals surface area contributed by atoms with Crippen molar-refractivity contribution in [3.05, 3.63) is 0 Å². The van der Waals surface area contributed by atoms with E-state index in [2.05, 4.69) is 9.37 Å². The van der Waals surface area contributed by atoms with Crippen molar-refractivity contribution >= 4 is 28.1 Å². The Bertz CT molecular complexity index is 560. The summed E-state index contributed by atoms with van der Waals surface area (Å²) in [5.74, 6) is -0.895. The summed E-state index contributed by atoms with van der Waals surface area (Å²) < 4.78 is 42.6. The van der Waals surface area contributed by atoms with Gasteiger partial charge in [0.2, 0.25) is 0 Å². The Morgan fingerprint density at radius 2 is 2.14 bits per heavy atom. The molecule has 9 nitrogen and oxygen atoms in total. The molecule has 0 aliphatic carbocycles. The molecule has 0 radical (unpaired) electrons. The number of hydrogen-bond acceptors (Lipinski definition) is 10. The van der Waals surface area contributed by atoms with Crippen LogP contribution in [0.25, 0.3) is 0 Å². The Labute approximate surface area is 131 Å². The lowest BCUT2D eigenvalue weighted by atomic mass is 9.87. The maximum atomic E-state index is 12.0. The average Bonchev–Trinajstić information content (AvgIpc) is 3.05. The maximum absolute atomic E-state index is 12.0. The fraction of sp³-hybridized carbons (Fsp3) is 0.909. The molecular weight excluding hydrogens is 340 g/mol. The second kappa shape index (κ2) is 5.58. The van der Waals surface area contributed by atoms with Crippen LogP contribution in [0.5, 0.6) is 0 Å². The molecule has 0 aromatic rings. The van der Waals surface area contributed by atoms with E-state index in [1.165, 1.54) is 13.8 Å². The maximum Gasteiger partial charge on any atom is 0.324 e. The third-order valence-corrected chi connectivity index (χ3v) is 6.58. The highest BCUT2D eigenvalue weighted by molar-refractivity contribution is 7.96. The zero-order valence-corrected chi connectivity index (χ0v) is 13.5. The van der Waals surface area contributed by atoms with E-state index in [1.54, 1.807) is 0 Å². The third kappa shape index (κ3) is 2.64. The van der Waals surface area contributed by atoms with Gasteiger partial charge in [-0.15, -0.1) is 4.33 Å². The third-order valence-electron chi connectivity index (χ3n) is 4.17. The van der Waals surface area contributed by atoms with E-state index in [1.807, 2.05) is 0 Å². The van der Waals surface area contributed by atoms with Crippen LogP contribution in [0.2, 0.25) is 0 Å². The quantitative estimate of drug-likeness (QED) is 0.233. The molecule has 0 spiro atoms. The van der Waals surface area contributed by atoms with Gasteiger partial charge < -0.3 is 9.47 Å². The van der Waals surface area contributed by atoms with Gasteiger partial charge >= 0.3 is 5.97 Å². The van der Waals surface area contributed by atoms with Gasteiger partial charge in [-0.05, 0) is 20.3 Å². The lowest BCUT2D eigenvalue weighted by Crippen LogP contribution is -2.39. The lowest BCUT2D eigenvalue weighted by molar-refractivity contribution is -0.432. The van der Waals surface area contributed by atoms with Gasteiger partial charge in [-0.2, -0.15) is 8.42 Å². The van der Waals surface area contributed by atoms with E-state index in [-0.39, 0.29) is 18.6 Å². The first-order valence-electron chi connectivity index (χ1n) is 6.67. The van der Waals surface area contributed by atoms with Crippen molar-refractivity contribution in [3.63, 3.8) is 0 Å². The molecule has 3 fully saturated rings. The molecule has 3 rings (SSSR count). The van der Waals surface area contributed by atoms with E-state index in [4.69, 9.17) is 18.9 Å². The Hall–Kier alpha value is -0.430. The highest BCUT2D eigenvalue weighted by Gasteiger charge is 2.65. The number of esters is 1. The lowest BCUT2D eigenvalue weighted by Gasteiger charge is -2.24. The van der Waals surface area contributed by atoms with Crippen molar-refractivity contribution in [2.75, 3.05) is 6.61 Å². The number of carbonyl (C=O) groups is 1. The smallest absolute Gasteiger partial charge is 0.324 e. The molecule has 0 amide bonds. The van der Waals surface area contributed by atoms with Crippen LogP contribution in [0.1, 0.15) is 20.3 Å². The van der Waals surface area contributed by atoms with Crippen molar-refractivity contribution in [1.82, 2.24) is 0 Å². The molecule has 0 aromatic heterocycles. The van der Waals surface area contributed by atoms with Crippen molar-refractivity contribution in [3.8, 4) is 0 Å². The van der Waals surface area contributed by atoms with Crippen LogP contribution < -0.4 is 0 Å². The molecule has 11 heteroatoms. The molecule has 3 aliphatic rings. The molecule has 0 saturated carbocycles. The molecule has 1 N–H and O–H groups in total. The molecule has 0 aromatic carbocycles. The van der Waals surface area contributed by atoms with Crippen LogP contribution >= 0.6 is 12.0 Å². The predicted octanol–water partition coefficient (Wildman–Crippen LogP) is 0.262. The minimum atomic E-state index is -3.58. The van der Waals surface area contributed by atoms with Gasteiger partial charge in [0.05, 0.1) is 24.8 Å². The standard InChI is InChI=1S/C11H16O9S2/c1-11(2,21-20-19-13)10(12)16-4-5-6-3-7-9(17-6)8(5)18-22(7,14)15/h5-9,13H,3-4H2,1-2H3. The zero-order valence-electron chi connectivity index (χ0n) is 11.8. The molecule has 5 atom stereocenters. The van der Waals surface area contributed by atoms with Crippen LogP contribution in [0, 0.1) is 5.92 Å². The number of carbonyl (C=O) groups excluding carboxylic acids is 1. The number of hydrogen-bond donors (Lipinski definition) is 1. The fourth-order valence-electron chi connectivity index (χ4n) is 3.04. The first kappa shape index (κ1) is 16.4. The number of fused-ring (bicyclic) bond motifs is 1. The molecule has 5 unspecified atom stereocenters. The van der Waals surface area contributed by atoms with Gasteiger partial charge in [-0.3, -0.25) is 8.98 Å². The molecule has 3 saturated heterocycles. The summed E-state index contributed by atoms with van der Waals surface area (Å²) in [6, 6.07) is 0. The predicted molar refractivity (Wildman–Crippen MR) is 71.8 cm³/mol. The zero-order chi connectivity index (χ0) is 16.1. The SMILES string of the molecule is CC(C)(SOOO)C(=O)OCC1C2CC3C(O2)C1OS3(=O)=O. The van der Waals surface area contributed by atoms with Gasteiger partial charge in [0, 0.05) is 5.92 Å². The molecule has 3 aliphatic heterocycles. The second-order valence-corrected chi connectivity index (χ2v) is 9.07. The first-order chi connectivity index (χ1) is 10.3. The highest BCUT2D eigenvalue weighted by Crippen LogP contribution is 2.49. The molecule has 126 valence electrons. The summed E-state index contributed by atoms with van der Waals surface area (Å²) >= 11 is 0.594. The molecule has 3 heterocycles. The summed E-state index contributed by atoms with van der Waals surface area (Å²) in [5, 5.41) is 11.0. The van der Waals surface area contributed by atoms with Crippen LogP contribution in [-0.2, 0) is 37.9 Å². The summed E-state index contributed by atoms with van der Waals surface area (Å²) in [6.45, 7) is 3.06. The Kier molecular flexibility index (Phi) is 4.17. The normalized spacial score (nSPS) is 38.4. The minimum absolute atomic E-state index is 0.00310. The van der Waals surface area contributed by atoms with E-state index < -0.39 is 38.3 Å². The van der Waals surface area contributed by atoms with Gasteiger partial charge in [-0.25, -0.2) is 5.26 Å². The topological polar surface area (TPSA) is 118 Å². The van der Waals surface area contributed by atoms with E-state index in [9.17, 15) is 13.2 Å². The number of rotatable bonds is 6. The van der Waals surface area contributed by atoms with Crippen LogP contribution in [-0.4, -0.2) is 54.6 Å². The monoisotopic (exact) mass is 356 g/mol. The van der Waals surface area contributed by atoms with Crippen molar-refractivity contribution in [1.29, 1.82) is 0 Å². The van der Waals surface area contributed by atoms with E-state index in [0.717, 1.165) is 0 Å². The fourth-order valence-corrected chi connectivity index (χ4v) is 5.05. The summed E-state index contributed by atoms with van der Waals surface area (Å²) in [7, 11) is -3.58. The first-order valence-corrected chi connectivity index (χ1v) is 8.88. The van der Waals surface area contributed by atoms with Crippen LogP contribution in [0.15, 0.2) is 0 Å². The van der Waals surface area contributed by atoms with Gasteiger partial charge in [0.1, 0.15) is 22.2 Å². The van der Waals surface area contributed by atoms with Crippen LogP contribution in [0.3, 0.4) is 0 Å². The van der Waals surface area contributed by atoms with Crippen molar-refractivity contribution in [2.45, 2.75) is 48.6 Å². The average molecular weight is 356 g/mol. The van der Waals surface area contributed by atoms with E-state index in [0.29, 0.717) is 18.5 Å². The van der Waals surface area contributed by atoms with Crippen LogP contribution in [0.4, 0.5) is 0 Å². The van der Waals surface area contributed by atoms with Gasteiger partial charge in [0.15, 0.2) is 0 Å². The summed E-state index contributed by atoms with van der Waals surface area (Å²) in [6.07, 6.45) is -0.967. The number of ether oxygens (including phenoxy) is 2. The van der Waals surface area contributed by atoms with Gasteiger partial charge in [-0.1, -0.05) is 5.04 Å². The summed E-state index contributed by atoms with van der Waals surface area (Å²) in [5.41, 5.74) is 0. The summed E-state index contributed by atoms with van der Waals surface area (Å²) in [4.78, 5) is 12.0. The van der Waals surface area contributed by atoms with Gasteiger partial charge in [0.25, 0.3) is 10.1 Å². The highest BCUT2D eigenvalue weighted by atomic mass is 32.2.